The molecule has 0 spiro atoms. The molecule has 9 heteroatoms. The van der Waals surface area contributed by atoms with Crippen LogP contribution in [0.25, 0.3) is 6.08 Å². The Hall–Kier alpha value is -4.30. The van der Waals surface area contributed by atoms with E-state index >= 15 is 0 Å². The summed E-state index contributed by atoms with van der Waals surface area (Å²) in [5.74, 6) is -0.714. The van der Waals surface area contributed by atoms with Gasteiger partial charge in [-0.1, -0.05) is 35.9 Å². The molecule has 0 unspecified atom stereocenters. The largest absolute Gasteiger partial charge is 0.507 e. The second-order valence-corrected chi connectivity index (χ2v) is 8.29. The van der Waals surface area contributed by atoms with E-state index in [2.05, 4.69) is 34.6 Å². The number of nitrogens with one attached hydrogen (secondary N) is 2. The predicted octanol–water partition coefficient (Wildman–Crippen LogP) is 4.82. The lowest BCUT2D eigenvalue weighted by atomic mass is 10.1. The van der Waals surface area contributed by atoms with E-state index in [1.165, 1.54) is 19.4 Å². The summed E-state index contributed by atoms with van der Waals surface area (Å²) in [5, 5.41) is 16.8. The van der Waals surface area contributed by atoms with Crippen LogP contribution < -0.4 is 20.4 Å². The third-order valence-corrected chi connectivity index (χ3v) is 5.88. The quantitative estimate of drug-likeness (QED) is 0.202. The normalized spacial score (nSPS) is 11.3. The number of rotatable bonds is 10. The third kappa shape index (κ3) is 7.35. The number of nitrogens with zero attached hydrogens (tertiary/aromatic N) is 2. The molecular weight excluding hydrogens is 492 g/mol. The summed E-state index contributed by atoms with van der Waals surface area (Å²) in [4.78, 5) is 28.1. The van der Waals surface area contributed by atoms with Gasteiger partial charge in [-0.3, -0.25) is 9.59 Å². The monoisotopic (exact) mass is 520 g/mol. The lowest BCUT2D eigenvalue weighted by molar-refractivity contribution is -0.117. The van der Waals surface area contributed by atoms with Crippen LogP contribution in [0.4, 0.5) is 5.69 Å². The summed E-state index contributed by atoms with van der Waals surface area (Å²) in [5.41, 5.74) is 4.68. The van der Waals surface area contributed by atoms with E-state index in [1.807, 2.05) is 24.3 Å². The number of carbonyl (C=O) groups is 2. The fourth-order valence-electron chi connectivity index (χ4n) is 3.51. The Morgan fingerprint density at radius 2 is 1.76 bits per heavy atom. The minimum atomic E-state index is -0.660. The molecule has 0 radical (unpaired) electrons. The molecule has 0 saturated carbocycles. The van der Waals surface area contributed by atoms with Gasteiger partial charge < -0.3 is 20.1 Å². The highest BCUT2D eigenvalue weighted by Crippen LogP contribution is 2.21. The molecule has 3 rings (SSSR count). The van der Waals surface area contributed by atoms with Gasteiger partial charge in [-0.05, 0) is 68.0 Å². The van der Waals surface area contributed by atoms with Crippen molar-refractivity contribution in [2.75, 3.05) is 25.1 Å². The molecule has 0 aliphatic carbocycles. The highest BCUT2D eigenvalue weighted by atomic mass is 35.5. The van der Waals surface area contributed by atoms with Gasteiger partial charge in [-0.2, -0.15) is 5.10 Å². The zero-order valence-corrected chi connectivity index (χ0v) is 21.6. The van der Waals surface area contributed by atoms with Crippen molar-refractivity contribution in [2.45, 2.75) is 13.8 Å². The fraction of sp³-hybridized carbons (Fsp3) is 0.179. The molecule has 2 amide bonds. The van der Waals surface area contributed by atoms with E-state index in [-0.39, 0.29) is 22.0 Å². The molecule has 3 aromatic carbocycles. The fourth-order valence-corrected chi connectivity index (χ4v) is 3.74. The summed E-state index contributed by atoms with van der Waals surface area (Å²) >= 11 is 6.16. The van der Waals surface area contributed by atoms with Crippen LogP contribution in [0.3, 0.4) is 0 Å². The molecule has 0 atom stereocenters. The summed E-state index contributed by atoms with van der Waals surface area (Å²) in [6, 6.07) is 18.8. The predicted molar refractivity (Wildman–Crippen MR) is 147 cm³/mol. The maximum atomic E-state index is 13.0. The molecule has 0 saturated heterocycles. The number of halogens is 1. The first kappa shape index (κ1) is 27.3. The highest BCUT2D eigenvalue weighted by Gasteiger charge is 2.16. The second kappa shape index (κ2) is 13.1. The van der Waals surface area contributed by atoms with Crippen molar-refractivity contribution in [3.05, 3.63) is 94.1 Å². The van der Waals surface area contributed by atoms with Gasteiger partial charge in [0.05, 0.1) is 23.9 Å². The van der Waals surface area contributed by atoms with Gasteiger partial charge in [0.15, 0.2) is 0 Å². The van der Waals surface area contributed by atoms with Crippen molar-refractivity contribution in [2.24, 2.45) is 5.10 Å². The van der Waals surface area contributed by atoms with E-state index in [1.54, 1.807) is 42.5 Å². The number of phenols is 1. The van der Waals surface area contributed by atoms with Crippen molar-refractivity contribution < 1.29 is 19.4 Å². The van der Waals surface area contributed by atoms with Crippen LogP contribution in [0.15, 0.2) is 77.5 Å². The Bertz CT molecular complexity index is 1300. The van der Waals surface area contributed by atoms with Crippen molar-refractivity contribution >= 4 is 41.4 Å². The van der Waals surface area contributed by atoms with Gasteiger partial charge in [0.2, 0.25) is 0 Å². The minimum Gasteiger partial charge on any atom is -0.507 e. The molecule has 3 N–H and O–H groups in total. The first-order valence-corrected chi connectivity index (χ1v) is 12.1. The zero-order chi connectivity index (χ0) is 26.8. The van der Waals surface area contributed by atoms with E-state index in [0.717, 1.165) is 18.8 Å². The smallest absolute Gasteiger partial charge is 0.287 e. The molecule has 0 bridgehead atoms. The van der Waals surface area contributed by atoms with Gasteiger partial charge in [0.1, 0.15) is 17.2 Å². The van der Waals surface area contributed by atoms with Crippen LogP contribution in [0.2, 0.25) is 5.02 Å². The average Bonchev–Trinajstić information content (AvgIpc) is 2.91. The van der Waals surface area contributed by atoms with Gasteiger partial charge in [0.25, 0.3) is 11.8 Å². The molecule has 3 aromatic rings. The van der Waals surface area contributed by atoms with Crippen LogP contribution in [0.5, 0.6) is 11.5 Å². The number of benzene rings is 3. The van der Waals surface area contributed by atoms with Crippen LogP contribution in [-0.2, 0) is 4.79 Å². The standard InChI is InChI=1S/C28H29ClN4O4/c1-4-33(5-2)21-12-10-19(11-13-21)16-25(31-27(35)23-8-6-7-9-24(23)29)28(36)32-30-18-20-17-22(37-3)14-15-26(20)34/h6-18,34H,4-5H2,1-3H3,(H,31,35)(H,32,36). The van der Waals surface area contributed by atoms with Crippen molar-refractivity contribution in [3.8, 4) is 11.5 Å². The van der Waals surface area contributed by atoms with Crippen LogP contribution in [0, 0.1) is 0 Å². The molecule has 192 valence electrons. The molecule has 37 heavy (non-hydrogen) atoms. The van der Waals surface area contributed by atoms with Gasteiger partial charge in [-0.15, -0.1) is 0 Å². The van der Waals surface area contributed by atoms with E-state index in [4.69, 9.17) is 16.3 Å². The number of hydrogen-bond acceptors (Lipinski definition) is 6. The number of hydrazone groups is 1. The molecule has 8 nitrogen and oxygen atoms in total. The van der Waals surface area contributed by atoms with Crippen LogP contribution in [-0.4, -0.2) is 43.3 Å². The summed E-state index contributed by atoms with van der Waals surface area (Å²) in [7, 11) is 1.50. The average molecular weight is 521 g/mol. The number of phenolic OH excluding ortho intramolecular Hbond substituents is 1. The minimum absolute atomic E-state index is 0.0325. The van der Waals surface area contributed by atoms with Crippen molar-refractivity contribution in [3.63, 3.8) is 0 Å². The summed E-state index contributed by atoms with van der Waals surface area (Å²) in [6.45, 7) is 5.90. The molecule has 0 aromatic heterocycles. The Kier molecular flexibility index (Phi) is 9.69. The lowest BCUT2D eigenvalue weighted by Gasteiger charge is -2.21. The summed E-state index contributed by atoms with van der Waals surface area (Å²) < 4.78 is 5.14. The lowest BCUT2D eigenvalue weighted by Crippen LogP contribution is -2.33. The first-order chi connectivity index (χ1) is 17.9. The Balaban J connectivity index is 1.86. The number of carbonyl (C=O) groups excluding carboxylic acids is 2. The molecular formula is C28H29ClN4O4. The van der Waals surface area contributed by atoms with E-state index in [0.29, 0.717) is 16.9 Å². The summed E-state index contributed by atoms with van der Waals surface area (Å²) in [6.07, 6.45) is 2.83. The second-order valence-electron chi connectivity index (χ2n) is 7.88. The SMILES string of the molecule is CCN(CC)c1ccc(C=C(NC(=O)c2ccccc2Cl)C(=O)NN=Cc2cc(OC)ccc2O)cc1. The maximum Gasteiger partial charge on any atom is 0.287 e. The topological polar surface area (TPSA) is 103 Å². The number of hydrogen-bond donors (Lipinski definition) is 3. The number of ether oxygens (including phenoxy) is 1. The van der Waals surface area contributed by atoms with Crippen LogP contribution >= 0.6 is 11.6 Å². The Labute approximate surface area is 221 Å². The molecule has 0 aliphatic rings. The number of amides is 2. The third-order valence-electron chi connectivity index (χ3n) is 5.55. The molecule has 0 fully saturated rings. The number of anilines is 1. The van der Waals surface area contributed by atoms with Gasteiger partial charge in [-0.25, -0.2) is 5.43 Å². The van der Waals surface area contributed by atoms with E-state index < -0.39 is 11.8 Å². The van der Waals surface area contributed by atoms with Crippen LogP contribution in [0.1, 0.15) is 35.3 Å². The Morgan fingerprint density at radius 1 is 1.05 bits per heavy atom. The van der Waals surface area contributed by atoms with Gasteiger partial charge in [0, 0.05) is 24.3 Å². The number of aromatic hydroxyl groups is 1. The number of methoxy groups -OCH3 is 1. The zero-order valence-electron chi connectivity index (χ0n) is 20.9. The van der Waals surface area contributed by atoms with E-state index in [9.17, 15) is 14.7 Å². The Morgan fingerprint density at radius 3 is 2.41 bits per heavy atom. The molecule has 0 aliphatic heterocycles. The molecule has 0 heterocycles. The van der Waals surface area contributed by atoms with Crippen molar-refractivity contribution in [1.82, 2.24) is 10.7 Å². The van der Waals surface area contributed by atoms with Gasteiger partial charge >= 0.3 is 0 Å². The highest BCUT2D eigenvalue weighted by molar-refractivity contribution is 6.34. The first-order valence-electron chi connectivity index (χ1n) is 11.7. The maximum absolute atomic E-state index is 13.0. The van der Waals surface area contributed by atoms with Crippen molar-refractivity contribution in [1.29, 1.82) is 0 Å².